The van der Waals surface area contributed by atoms with Gasteiger partial charge < -0.3 is 25.4 Å². The van der Waals surface area contributed by atoms with Crippen LogP contribution in [0.25, 0.3) is 11.1 Å². The molecule has 2 aromatic heterocycles. The number of hydrogen-bond donors (Lipinski definition) is 3. The maximum Gasteiger partial charge on any atom is 0.152 e. The lowest BCUT2D eigenvalue weighted by Crippen LogP contribution is -2.42. The highest BCUT2D eigenvalue weighted by Crippen LogP contribution is 2.33. The number of halogens is 2. The van der Waals surface area contributed by atoms with Crippen molar-refractivity contribution in [3.8, 4) is 11.1 Å². The zero-order valence-corrected chi connectivity index (χ0v) is 22.2. The van der Waals surface area contributed by atoms with Gasteiger partial charge in [-0.25, -0.2) is 9.97 Å². The molecule has 1 aliphatic heterocycles. The van der Waals surface area contributed by atoms with Gasteiger partial charge in [0.15, 0.2) is 5.15 Å². The molecule has 1 atom stereocenters. The van der Waals surface area contributed by atoms with Gasteiger partial charge in [-0.1, -0.05) is 23.2 Å². The third-order valence-electron chi connectivity index (χ3n) is 6.94. The Kier molecular flexibility index (Phi) is 9.86. The van der Waals surface area contributed by atoms with Crippen LogP contribution in [0.3, 0.4) is 0 Å². The fraction of sp³-hybridized carbons (Fsp3) is 0.615. The molecule has 0 spiro atoms. The van der Waals surface area contributed by atoms with E-state index in [-0.39, 0.29) is 0 Å². The van der Waals surface area contributed by atoms with Gasteiger partial charge in [0.1, 0.15) is 5.82 Å². The molecule has 1 saturated heterocycles. The lowest BCUT2D eigenvalue weighted by atomic mass is 9.90. The maximum absolute atomic E-state index is 6.55. The second-order valence-corrected chi connectivity index (χ2v) is 10.5. The van der Waals surface area contributed by atoms with Crippen molar-refractivity contribution in [2.75, 3.05) is 44.1 Å². The van der Waals surface area contributed by atoms with E-state index in [1.807, 2.05) is 12.1 Å². The molecule has 2 fully saturated rings. The first kappa shape index (κ1) is 26.4. The average molecular weight is 523 g/mol. The molecule has 3 heterocycles. The molecule has 192 valence electrons. The van der Waals surface area contributed by atoms with Gasteiger partial charge in [0.25, 0.3) is 0 Å². The molecule has 2 aromatic rings. The van der Waals surface area contributed by atoms with E-state index in [4.69, 9.17) is 32.7 Å². The summed E-state index contributed by atoms with van der Waals surface area (Å²) in [6.45, 7) is 5.41. The van der Waals surface area contributed by atoms with Gasteiger partial charge in [0.2, 0.25) is 0 Å². The number of nitrogens with zero attached hydrogens (tertiary/aromatic N) is 2. The van der Waals surface area contributed by atoms with Gasteiger partial charge in [0.05, 0.1) is 17.3 Å². The Morgan fingerprint density at radius 2 is 1.77 bits per heavy atom. The zero-order valence-electron chi connectivity index (χ0n) is 20.7. The topological polar surface area (TPSA) is 80.3 Å². The van der Waals surface area contributed by atoms with Crippen LogP contribution in [-0.4, -0.2) is 61.6 Å². The summed E-state index contributed by atoms with van der Waals surface area (Å²) in [6.07, 6.45) is 10.1. The molecule has 0 aromatic carbocycles. The molecule has 35 heavy (non-hydrogen) atoms. The summed E-state index contributed by atoms with van der Waals surface area (Å²) in [5.41, 5.74) is 2.64. The second kappa shape index (κ2) is 13.1. The molecule has 0 bridgehead atoms. The Morgan fingerprint density at radius 3 is 2.51 bits per heavy atom. The van der Waals surface area contributed by atoms with Gasteiger partial charge in [-0.15, -0.1) is 0 Å². The molecule has 1 saturated carbocycles. The van der Waals surface area contributed by atoms with Crippen LogP contribution in [0.2, 0.25) is 10.2 Å². The number of pyridine rings is 2. The molecule has 0 amide bonds. The summed E-state index contributed by atoms with van der Waals surface area (Å²) in [5, 5.41) is 11.8. The Hall–Kier alpha value is -1.64. The molecule has 3 N–H and O–H groups in total. The molecule has 7 nitrogen and oxygen atoms in total. The number of hydrogen-bond acceptors (Lipinski definition) is 7. The lowest BCUT2D eigenvalue weighted by Gasteiger charge is -2.32. The second-order valence-electron chi connectivity index (χ2n) is 9.76. The minimum atomic E-state index is 0.374. The number of anilines is 2. The van der Waals surface area contributed by atoms with E-state index >= 15 is 0 Å². The number of nitrogens with one attached hydrogen (secondary N) is 3. The minimum Gasteiger partial charge on any atom is -0.383 e. The van der Waals surface area contributed by atoms with Gasteiger partial charge in [-0.3, -0.25) is 0 Å². The van der Waals surface area contributed by atoms with E-state index in [2.05, 4.69) is 32.8 Å². The highest BCUT2D eigenvalue weighted by molar-refractivity contribution is 6.33. The first-order valence-electron chi connectivity index (χ1n) is 12.7. The first-order valence-corrected chi connectivity index (χ1v) is 13.4. The largest absolute Gasteiger partial charge is 0.383 e. The SMILES string of the molecule is COC[C@@H](C)N[C@H]1CC[C@H](Nc2cc(-c3cnc(Cl)c(NCC4CCOCC4)c3)c(Cl)cn2)CC1. The van der Waals surface area contributed by atoms with Gasteiger partial charge in [0, 0.05) is 68.5 Å². The van der Waals surface area contributed by atoms with Crippen LogP contribution >= 0.6 is 23.2 Å². The average Bonchev–Trinajstić information content (AvgIpc) is 2.87. The van der Waals surface area contributed by atoms with Crippen LogP contribution in [0.4, 0.5) is 11.5 Å². The summed E-state index contributed by atoms with van der Waals surface area (Å²) < 4.78 is 10.7. The van der Waals surface area contributed by atoms with E-state index < -0.39 is 0 Å². The Balaban J connectivity index is 1.37. The number of aromatic nitrogens is 2. The lowest BCUT2D eigenvalue weighted by molar-refractivity contribution is 0.0699. The van der Waals surface area contributed by atoms with Crippen LogP contribution < -0.4 is 16.0 Å². The van der Waals surface area contributed by atoms with Gasteiger partial charge >= 0.3 is 0 Å². The predicted molar refractivity (Wildman–Crippen MR) is 144 cm³/mol. The van der Waals surface area contributed by atoms with Crippen LogP contribution in [0.1, 0.15) is 45.4 Å². The zero-order chi connectivity index (χ0) is 24.6. The number of rotatable bonds is 10. The van der Waals surface area contributed by atoms with Crippen LogP contribution in [0.5, 0.6) is 0 Å². The van der Waals surface area contributed by atoms with Crippen molar-refractivity contribution in [2.45, 2.75) is 63.6 Å². The molecule has 0 unspecified atom stereocenters. The smallest absolute Gasteiger partial charge is 0.152 e. The van der Waals surface area contributed by atoms with E-state index in [9.17, 15) is 0 Å². The molecular weight excluding hydrogens is 485 g/mol. The van der Waals surface area contributed by atoms with E-state index in [0.717, 1.165) is 87.5 Å². The summed E-state index contributed by atoms with van der Waals surface area (Å²) in [6, 6.07) is 5.35. The molecule has 1 aliphatic carbocycles. The Labute approximate surface area is 218 Å². The molecule has 4 rings (SSSR count). The normalized spacial score (nSPS) is 22.1. The number of methoxy groups -OCH3 is 1. The summed E-state index contributed by atoms with van der Waals surface area (Å²) in [5.74, 6) is 1.41. The van der Waals surface area contributed by atoms with E-state index in [0.29, 0.717) is 34.2 Å². The summed E-state index contributed by atoms with van der Waals surface area (Å²) in [7, 11) is 1.75. The predicted octanol–water partition coefficient (Wildman–Crippen LogP) is 5.64. The van der Waals surface area contributed by atoms with Crippen molar-refractivity contribution in [1.82, 2.24) is 15.3 Å². The number of ether oxygens (including phenoxy) is 2. The van der Waals surface area contributed by atoms with E-state index in [1.165, 1.54) is 0 Å². The molecule has 9 heteroatoms. The van der Waals surface area contributed by atoms with Crippen LogP contribution in [0, 0.1) is 5.92 Å². The van der Waals surface area contributed by atoms with E-state index in [1.54, 1.807) is 19.5 Å². The quantitative estimate of drug-likeness (QED) is 0.349. The van der Waals surface area contributed by atoms with Crippen molar-refractivity contribution < 1.29 is 9.47 Å². The highest BCUT2D eigenvalue weighted by atomic mass is 35.5. The molecule has 0 radical (unpaired) electrons. The van der Waals surface area contributed by atoms with Gasteiger partial charge in [-0.2, -0.15) is 0 Å². The van der Waals surface area contributed by atoms with Crippen molar-refractivity contribution >= 4 is 34.7 Å². The Morgan fingerprint density at radius 1 is 1.03 bits per heavy atom. The third kappa shape index (κ3) is 7.67. The van der Waals surface area contributed by atoms with Crippen molar-refractivity contribution in [3.63, 3.8) is 0 Å². The summed E-state index contributed by atoms with van der Waals surface area (Å²) >= 11 is 12.9. The van der Waals surface area contributed by atoms with Crippen molar-refractivity contribution in [1.29, 1.82) is 0 Å². The van der Waals surface area contributed by atoms with Crippen molar-refractivity contribution in [3.05, 3.63) is 34.7 Å². The van der Waals surface area contributed by atoms with Crippen LogP contribution in [-0.2, 0) is 9.47 Å². The monoisotopic (exact) mass is 521 g/mol. The highest BCUT2D eigenvalue weighted by Gasteiger charge is 2.23. The van der Waals surface area contributed by atoms with Crippen LogP contribution in [0.15, 0.2) is 24.5 Å². The van der Waals surface area contributed by atoms with Crippen molar-refractivity contribution in [2.24, 2.45) is 5.92 Å². The maximum atomic E-state index is 6.55. The fourth-order valence-electron chi connectivity index (χ4n) is 4.98. The molecule has 2 aliphatic rings. The minimum absolute atomic E-state index is 0.374. The molecular formula is C26H37Cl2N5O2. The fourth-order valence-corrected chi connectivity index (χ4v) is 5.36. The standard InChI is InChI=1S/C26H37Cl2N5O2/c1-17(16-34-2)32-20-3-5-21(6-4-20)33-25-12-22(23(27)15-30-25)19-11-24(26(28)31-14-19)29-13-18-7-9-35-10-8-18/h11-12,14-15,17-18,20-21,29,32H,3-10,13,16H2,1-2H3,(H,30,33)/t17-,20-,21-/m1/s1. The first-order chi connectivity index (χ1) is 17.0. The summed E-state index contributed by atoms with van der Waals surface area (Å²) in [4.78, 5) is 8.95. The Bertz CT molecular complexity index is 949. The van der Waals surface area contributed by atoms with Gasteiger partial charge in [-0.05, 0) is 63.5 Å². The third-order valence-corrected chi connectivity index (χ3v) is 7.55.